The number of likely N-dealkylation sites (tertiary alicyclic amines) is 1. The van der Waals surface area contributed by atoms with Crippen molar-refractivity contribution in [1.29, 1.82) is 0 Å². The first kappa shape index (κ1) is 22.1. The molecular formula is C21H37NO3. The van der Waals surface area contributed by atoms with Gasteiger partial charge in [0.15, 0.2) is 0 Å². The molecule has 0 unspecified atom stereocenters. The van der Waals surface area contributed by atoms with Gasteiger partial charge in [0, 0.05) is 32.2 Å². The van der Waals surface area contributed by atoms with Gasteiger partial charge in [0.2, 0.25) is 0 Å². The quantitative estimate of drug-likeness (QED) is 0.559. The number of hydrogen-bond donors (Lipinski definition) is 3. The molecule has 1 aliphatic heterocycles. The van der Waals surface area contributed by atoms with Crippen LogP contribution in [0.3, 0.4) is 0 Å². The molecule has 3 atom stereocenters. The minimum atomic E-state index is -0.814. The fourth-order valence-electron chi connectivity index (χ4n) is 3.14. The average molecular weight is 352 g/mol. The summed E-state index contributed by atoms with van der Waals surface area (Å²) in [5, 5.41) is 29.0. The van der Waals surface area contributed by atoms with Gasteiger partial charge in [0.1, 0.15) is 0 Å². The second-order valence-corrected chi connectivity index (χ2v) is 7.68. The van der Waals surface area contributed by atoms with Gasteiger partial charge in [-0.3, -0.25) is 4.90 Å². The third-order valence-corrected chi connectivity index (χ3v) is 4.87. The molecule has 0 aromatic rings. The topological polar surface area (TPSA) is 63.9 Å². The molecule has 0 aliphatic carbocycles. The zero-order chi connectivity index (χ0) is 18.8. The fraction of sp³-hybridized carbons (Fsp3) is 0.714. The molecule has 1 rings (SSSR count). The van der Waals surface area contributed by atoms with Crippen LogP contribution >= 0.6 is 0 Å². The highest BCUT2D eigenvalue weighted by Crippen LogP contribution is 2.18. The van der Waals surface area contributed by atoms with Gasteiger partial charge in [-0.15, -0.1) is 0 Å². The van der Waals surface area contributed by atoms with Crippen molar-refractivity contribution in [3.05, 3.63) is 34.9 Å². The Morgan fingerprint density at radius 3 is 2.12 bits per heavy atom. The van der Waals surface area contributed by atoms with Gasteiger partial charge in [0.25, 0.3) is 0 Å². The molecule has 0 aromatic heterocycles. The van der Waals surface area contributed by atoms with Gasteiger partial charge >= 0.3 is 0 Å². The first-order valence-electron chi connectivity index (χ1n) is 9.47. The molecule has 4 nitrogen and oxygen atoms in total. The van der Waals surface area contributed by atoms with Crippen molar-refractivity contribution in [3.8, 4) is 0 Å². The molecule has 0 spiro atoms. The number of aliphatic hydroxyl groups excluding tert-OH is 3. The number of allylic oxidation sites excluding steroid dienone is 5. The third kappa shape index (κ3) is 8.82. The smallest absolute Gasteiger partial charge is 0.0929 e. The summed E-state index contributed by atoms with van der Waals surface area (Å²) in [5.74, 6) is -0.260. The van der Waals surface area contributed by atoms with E-state index in [1.54, 1.807) is 0 Å². The number of aliphatic hydroxyl groups is 3. The van der Waals surface area contributed by atoms with Crippen molar-refractivity contribution >= 4 is 0 Å². The van der Waals surface area contributed by atoms with Crippen LogP contribution in [0.1, 0.15) is 53.4 Å². The average Bonchev–Trinajstić information content (AvgIpc) is 2.55. The van der Waals surface area contributed by atoms with Crippen LogP contribution in [0.2, 0.25) is 0 Å². The van der Waals surface area contributed by atoms with Crippen LogP contribution in [0.15, 0.2) is 34.9 Å². The van der Waals surface area contributed by atoms with E-state index < -0.39 is 12.2 Å². The van der Waals surface area contributed by atoms with Crippen molar-refractivity contribution in [3.63, 3.8) is 0 Å². The maximum absolute atomic E-state index is 9.89. The lowest BCUT2D eigenvalue weighted by atomic mass is 9.93. The molecular weight excluding hydrogens is 314 g/mol. The number of piperidine rings is 1. The summed E-state index contributed by atoms with van der Waals surface area (Å²) >= 11 is 0. The van der Waals surface area contributed by atoms with E-state index >= 15 is 0 Å². The molecule has 0 bridgehead atoms. The molecule has 3 N–H and O–H groups in total. The van der Waals surface area contributed by atoms with E-state index in [4.69, 9.17) is 0 Å². The van der Waals surface area contributed by atoms with Gasteiger partial charge in [-0.25, -0.2) is 0 Å². The molecule has 0 saturated carbocycles. The zero-order valence-electron chi connectivity index (χ0n) is 16.4. The van der Waals surface area contributed by atoms with Crippen LogP contribution in [0.25, 0.3) is 0 Å². The normalized spacial score (nSPS) is 26.0. The standard InChI is InChI=1S/C21H37NO3/c1-16(2)7-5-8-17(3)9-6-10-18(4)11-12-22-13-19(15-23)21(25)20(24)14-22/h7,9,11,19-21,23-25H,5-6,8,10,12-15H2,1-4H3/b17-9-,18-11+/t19-,20-,21-/m1/s1. The van der Waals surface area contributed by atoms with Crippen LogP contribution < -0.4 is 0 Å². The summed E-state index contributed by atoms with van der Waals surface area (Å²) in [7, 11) is 0. The summed E-state index contributed by atoms with van der Waals surface area (Å²) in [4.78, 5) is 2.10. The van der Waals surface area contributed by atoms with Gasteiger partial charge < -0.3 is 15.3 Å². The van der Waals surface area contributed by atoms with Crippen LogP contribution in [-0.2, 0) is 0 Å². The summed E-state index contributed by atoms with van der Waals surface area (Å²) < 4.78 is 0. The Labute approximate surface area is 153 Å². The summed E-state index contributed by atoms with van der Waals surface area (Å²) in [6.07, 6.45) is 9.58. The molecule has 4 heteroatoms. The van der Waals surface area contributed by atoms with Crippen molar-refractivity contribution in [2.75, 3.05) is 26.2 Å². The lowest BCUT2D eigenvalue weighted by Crippen LogP contribution is -2.53. The minimum absolute atomic E-state index is 0.0890. The predicted molar refractivity (Wildman–Crippen MR) is 104 cm³/mol. The largest absolute Gasteiger partial charge is 0.396 e. The Hall–Kier alpha value is -0.940. The third-order valence-electron chi connectivity index (χ3n) is 4.87. The Bertz CT molecular complexity index is 478. The van der Waals surface area contributed by atoms with Crippen LogP contribution in [0, 0.1) is 5.92 Å². The van der Waals surface area contributed by atoms with Gasteiger partial charge in [-0.2, -0.15) is 0 Å². The van der Waals surface area contributed by atoms with E-state index in [2.05, 4.69) is 50.8 Å². The van der Waals surface area contributed by atoms with Crippen LogP contribution in [0.4, 0.5) is 0 Å². The first-order chi connectivity index (χ1) is 11.8. The predicted octanol–water partition coefficient (Wildman–Crippen LogP) is 3.05. The fourth-order valence-corrected chi connectivity index (χ4v) is 3.14. The second-order valence-electron chi connectivity index (χ2n) is 7.68. The zero-order valence-corrected chi connectivity index (χ0v) is 16.4. The monoisotopic (exact) mass is 351 g/mol. The van der Waals surface area contributed by atoms with E-state index in [1.807, 2.05) is 0 Å². The lowest BCUT2D eigenvalue weighted by molar-refractivity contribution is -0.0836. The Morgan fingerprint density at radius 2 is 1.52 bits per heavy atom. The van der Waals surface area contributed by atoms with Gasteiger partial charge in [-0.1, -0.05) is 34.9 Å². The molecule has 144 valence electrons. The first-order valence-corrected chi connectivity index (χ1v) is 9.47. The Kier molecular flexibility index (Phi) is 10.3. The Morgan fingerprint density at radius 1 is 0.920 bits per heavy atom. The molecule has 0 radical (unpaired) electrons. The minimum Gasteiger partial charge on any atom is -0.396 e. The summed E-state index contributed by atoms with van der Waals surface area (Å²) in [6.45, 7) is 10.4. The molecule has 1 fully saturated rings. The molecule has 1 heterocycles. The number of β-amino-alcohol motifs (C(OH)–C–C–N with tert-alkyl or cyclic N) is 1. The number of nitrogens with zero attached hydrogens (tertiary/aromatic N) is 1. The van der Waals surface area contributed by atoms with E-state index in [0.29, 0.717) is 13.1 Å². The second kappa shape index (κ2) is 11.6. The highest BCUT2D eigenvalue weighted by Gasteiger charge is 2.33. The highest BCUT2D eigenvalue weighted by molar-refractivity contribution is 5.06. The van der Waals surface area contributed by atoms with Crippen LogP contribution in [-0.4, -0.2) is 58.7 Å². The lowest BCUT2D eigenvalue weighted by Gasteiger charge is -2.38. The number of hydrogen-bond acceptors (Lipinski definition) is 4. The van der Waals surface area contributed by atoms with Crippen LogP contribution in [0.5, 0.6) is 0 Å². The Balaban J connectivity index is 2.35. The van der Waals surface area contributed by atoms with Crippen molar-refractivity contribution in [2.45, 2.75) is 65.6 Å². The summed E-state index contributed by atoms with van der Waals surface area (Å²) in [6, 6.07) is 0. The van der Waals surface area contributed by atoms with Crippen molar-refractivity contribution in [1.82, 2.24) is 4.90 Å². The van der Waals surface area contributed by atoms with Crippen molar-refractivity contribution < 1.29 is 15.3 Å². The maximum atomic E-state index is 9.89. The van der Waals surface area contributed by atoms with E-state index in [-0.39, 0.29) is 12.5 Å². The molecule has 0 amide bonds. The molecule has 1 saturated heterocycles. The van der Waals surface area contributed by atoms with E-state index in [0.717, 1.165) is 32.2 Å². The van der Waals surface area contributed by atoms with Gasteiger partial charge in [-0.05, 0) is 53.4 Å². The SMILES string of the molecule is CC(C)=CCC/C(C)=C\CC/C(C)=C/CN1C[C@H](CO)[C@@H](O)[C@H](O)C1. The molecule has 1 aliphatic rings. The number of rotatable bonds is 9. The van der Waals surface area contributed by atoms with Gasteiger partial charge in [0.05, 0.1) is 12.2 Å². The molecule has 0 aromatic carbocycles. The summed E-state index contributed by atoms with van der Waals surface area (Å²) in [5.41, 5.74) is 4.17. The van der Waals surface area contributed by atoms with E-state index in [1.165, 1.54) is 16.7 Å². The highest BCUT2D eigenvalue weighted by atomic mass is 16.3. The molecule has 25 heavy (non-hydrogen) atoms. The van der Waals surface area contributed by atoms with Crippen molar-refractivity contribution in [2.24, 2.45) is 5.92 Å². The van der Waals surface area contributed by atoms with E-state index in [9.17, 15) is 15.3 Å². The maximum Gasteiger partial charge on any atom is 0.0929 e.